The summed E-state index contributed by atoms with van der Waals surface area (Å²) in [6.45, 7) is 5.92. The highest BCUT2D eigenvalue weighted by molar-refractivity contribution is 5.87. The molecule has 0 fully saturated rings. The molecule has 4 nitrogen and oxygen atoms in total. The number of benzene rings is 1. The van der Waals surface area contributed by atoms with E-state index >= 15 is 0 Å². The molecule has 1 aromatic carbocycles. The van der Waals surface area contributed by atoms with Gasteiger partial charge in [0.1, 0.15) is 11.4 Å². The van der Waals surface area contributed by atoms with Gasteiger partial charge in [0.2, 0.25) is 0 Å². The number of anilines is 1. The van der Waals surface area contributed by atoms with E-state index in [2.05, 4.69) is 5.32 Å². The Morgan fingerprint density at radius 1 is 1.27 bits per heavy atom. The molecule has 3 N–H and O–H groups in total. The first kappa shape index (κ1) is 11.4. The van der Waals surface area contributed by atoms with Crippen molar-refractivity contribution >= 4 is 11.7 Å². The Balaban J connectivity index is 2.68. The van der Waals surface area contributed by atoms with E-state index in [0.29, 0.717) is 5.69 Å². The van der Waals surface area contributed by atoms with E-state index in [-0.39, 0.29) is 5.60 Å². The van der Waals surface area contributed by atoms with Crippen LogP contribution in [0, 0.1) is 0 Å². The van der Waals surface area contributed by atoms with Gasteiger partial charge in [-0.15, -0.1) is 0 Å². The van der Waals surface area contributed by atoms with Crippen molar-refractivity contribution in [2.75, 3.05) is 5.32 Å². The minimum atomic E-state index is -0.570. The number of nitrogens with one attached hydrogen (secondary N) is 1. The Kier molecular flexibility index (Phi) is 3.19. The summed E-state index contributed by atoms with van der Waals surface area (Å²) in [4.78, 5) is 10.6. The largest absolute Gasteiger partial charge is 0.488 e. The molecule has 0 unspecified atom stereocenters. The summed E-state index contributed by atoms with van der Waals surface area (Å²) in [7, 11) is 0. The minimum Gasteiger partial charge on any atom is -0.488 e. The normalized spacial score (nSPS) is 10.9. The molecule has 1 rings (SSSR count). The lowest BCUT2D eigenvalue weighted by Crippen LogP contribution is -2.23. The number of primary amides is 1. The summed E-state index contributed by atoms with van der Waals surface area (Å²) in [5, 5.41) is 2.48. The molecule has 0 aliphatic heterocycles. The monoisotopic (exact) mass is 208 g/mol. The fourth-order valence-corrected chi connectivity index (χ4v) is 1.10. The summed E-state index contributed by atoms with van der Waals surface area (Å²) in [5.74, 6) is 0.762. The first-order valence-electron chi connectivity index (χ1n) is 4.72. The molecule has 0 aliphatic rings. The molecule has 0 aliphatic carbocycles. The second kappa shape index (κ2) is 4.21. The molecule has 4 heteroatoms. The standard InChI is InChI=1S/C11H16N2O2/c1-11(2,3)15-9-6-4-8(5-7-9)13-10(12)14/h4-7H,1-3H3,(H3,12,13,14). The van der Waals surface area contributed by atoms with Crippen molar-refractivity contribution in [2.45, 2.75) is 26.4 Å². The first-order valence-corrected chi connectivity index (χ1v) is 4.72. The number of hydrogen-bond acceptors (Lipinski definition) is 2. The number of carbonyl (C=O) groups is 1. The third kappa shape index (κ3) is 4.35. The average Bonchev–Trinajstić information content (AvgIpc) is 2.05. The summed E-state index contributed by atoms with van der Waals surface area (Å²) < 4.78 is 5.62. The van der Waals surface area contributed by atoms with Crippen LogP contribution in [0.2, 0.25) is 0 Å². The highest BCUT2D eigenvalue weighted by Crippen LogP contribution is 2.20. The molecular weight excluding hydrogens is 192 g/mol. The van der Waals surface area contributed by atoms with E-state index in [9.17, 15) is 4.79 Å². The molecule has 15 heavy (non-hydrogen) atoms. The van der Waals surface area contributed by atoms with Crippen molar-refractivity contribution in [1.82, 2.24) is 0 Å². The van der Waals surface area contributed by atoms with E-state index in [1.54, 1.807) is 24.3 Å². The van der Waals surface area contributed by atoms with Crippen molar-refractivity contribution < 1.29 is 9.53 Å². The number of hydrogen-bond donors (Lipinski definition) is 2. The van der Waals surface area contributed by atoms with Gasteiger partial charge in [0.05, 0.1) is 0 Å². The van der Waals surface area contributed by atoms with Crippen molar-refractivity contribution in [3.63, 3.8) is 0 Å². The fourth-order valence-electron chi connectivity index (χ4n) is 1.10. The Morgan fingerprint density at radius 3 is 2.20 bits per heavy atom. The van der Waals surface area contributed by atoms with E-state index < -0.39 is 6.03 Å². The van der Waals surface area contributed by atoms with Gasteiger partial charge >= 0.3 is 6.03 Å². The number of amides is 2. The van der Waals surface area contributed by atoms with Gasteiger partial charge in [-0.3, -0.25) is 0 Å². The van der Waals surface area contributed by atoms with Crippen molar-refractivity contribution in [2.24, 2.45) is 5.73 Å². The second-order valence-corrected chi connectivity index (χ2v) is 4.23. The zero-order valence-electron chi connectivity index (χ0n) is 9.20. The van der Waals surface area contributed by atoms with Crippen molar-refractivity contribution in [3.05, 3.63) is 24.3 Å². The first-order chi connectivity index (χ1) is 6.87. The van der Waals surface area contributed by atoms with Crippen molar-refractivity contribution in [1.29, 1.82) is 0 Å². The maximum atomic E-state index is 10.6. The third-order valence-corrected chi connectivity index (χ3v) is 1.55. The molecule has 0 radical (unpaired) electrons. The summed E-state index contributed by atoms with van der Waals surface area (Å²) in [6, 6.07) is 6.49. The predicted octanol–water partition coefficient (Wildman–Crippen LogP) is 2.35. The summed E-state index contributed by atoms with van der Waals surface area (Å²) in [5.41, 5.74) is 5.42. The van der Waals surface area contributed by atoms with Crippen LogP contribution in [0.1, 0.15) is 20.8 Å². The van der Waals surface area contributed by atoms with Gasteiger partial charge in [-0.2, -0.15) is 0 Å². The quantitative estimate of drug-likeness (QED) is 0.783. The number of nitrogens with two attached hydrogens (primary N) is 1. The van der Waals surface area contributed by atoms with Crippen LogP contribution in [-0.2, 0) is 0 Å². The fraction of sp³-hybridized carbons (Fsp3) is 0.364. The second-order valence-electron chi connectivity index (χ2n) is 4.23. The molecule has 1 aromatic rings. The Hall–Kier alpha value is -1.71. The summed E-state index contributed by atoms with van der Waals surface area (Å²) in [6.07, 6.45) is 0. The van der Waals surface area contributed by atoms with E-state index in [1.165, 1.54) is 0 Å². The lowest BCUT2D eigenvalue weighted by atomic mass is 10.2. The molecule has 0 heterocycles. The Morgan fingerprint density at radius 2 is 1.80 bits per heavy atom. The summed E-state index contributed by atoms with van der Waals surface area (Å²) >= 11 is 0. The van der Waals surface area contributed by atoms with Crippen LogP contribution in [0.3, 0.4) is 0 Å². The number of ether oxygens (including phenoxy) is 1. The Bertz CT molecular complexity index is 339. The molecule has 82 valence electrons. The highest BCUT2D eigenvalue weighted by Gasteiger charge is 2.11. The van der Waals surface area contributed by atoms with Crippen LogP contribution in [0.4, 0.5) is 10.5 Å². The van der Waals surface area contributed by atoms with Gasteiger partial charge in [0, 0.05) is 5.69 Å². The van der Waals surface area contributed by atoms with Gasteiger partial charge < -0.3 is 15.8 Å². The molecule has 0 spiro atoms. The van der Waals surface area contributed by atoms with E-state index in [0.717, 1.165) is 5.75 Å². The van der Waals surface area contributed by atoms with Gasteiger partial charge in [-0.05, 0) is 45.0 Å². The third-order valence-electron chi connectivity index (χ3n) is 1.55. The van der Waals surface area contributed by atoms with Crippen LogP contribution in [-0.4, -0.2) is 11.6 Å². The lowest BCUT2D eigenvalue weighted by molar-refractivity contribution is 0.131. The molecule has 2 amide bonds. The number of rotatable bonds is 2. The minimum absolute atomic E-state index is 0.224. The SMILES string of the molecule is CC(C)(C)Oc1ccc(NC(N)=O)cc1. The van der Waals surface area contributed by atoms with Gasteiger partial charge in [0.15, 0.2) is 0 Å². The molecular formula is C11H16N2O2. The smallest absolute Gasteiger partial charge is 0.316 e. The van der Waals surface area contributed by atoms with Crippen LogP contribution >= 0.6 is 0 Å². The van der Waals surface area contributed by atoms with Crippen LogP contribution < -0.4 is 15.8 Å². The molecule has 0 saturated carbocycles. The number of carbonyl (C=O) groups excluding carboxylic acids is 1. The molecule has 0 atom stereocenters. The molecule has 0 bridgehead atoms. The lowest BCUT2D eigenvalue weighted by Gasteiger charge is -2.21. The highest BCUT2D eigenvalue weighted by atomic mass is 16.5. The van der Waals surface area contributed by atoms with Gasteiger partial charge in [0.25, 0.3) is 0 Å². The van der Waals surface area contributed by atoms with E-state index in [1.807, 2.05) is 20.8 Å². The molecule has 0 saturated heterocycles. The van der Waals surface area contributed by atoms with E-state index in [4.69, 9.17) is 10.5 Å². The van der Waals surface area contributed by atoms with Crippen LogP contribution in [0.5, 0.6) is 5.75 Å². The Labute approximate surface area is 89.4 Å². The zero-order chi connectivity index (χ0) is 11.5. The predicted molar refractivity (Wildman–Crippen MR) is 60.0 cm³/mol. The maximum Gasteiger partial charge on any atom is 0.316 e. The maximum absolute atomic E-state index is 10.6. The topological polar surface area (TPSA) is 64.3 Å². The van der Waals surface area contributed by atoms with Gasteiger partial charge in [-0.1, -0.05) is 0 Å². The zero-order valence-corrected chi connectivity index (χ0v) is 9.20. The van der Waals surface area contributed by atoms with Crippen LogP contribution in [0.15, 0.2) is 24.3 Å². The van der Waals surface area contributed by atoms with Crippen LogP contribution in [0.25, 0.3) is 0 Å². The average molecular weight is 208 g/mol. The van der Waals surface area contributed by atoms with Crippen molar-refractivity contribution in [3.8, 4) is 5.75 Å². The molecule has 0 aromatic heterocycles. The number of urea groups is 1. The van der Waals surface area contributed by atoms with Gasteiger partial charge in [-0.25, -0.2) is 4.79 Å².